The van der Waals surface area contributed by atoms with E-state index in [9.17, 15) is 22.8 Å². The lowest BCUT2D eigenvalue weighted by Crippen LogP contribution is -2.14. The average Bonchev–Trinajstić information content (AvgIpc) is 2.89. The molecule has 0 saturated carbocycles. The van der Waals surface area contributed by atoms with Gasteiger partial charge in [-0.1, -0.05) is 42.5 Å². The summed E-state index contributed by atoms with van der Waals surface area (Å²) in [5, 5.41) is 5.21. The Labute approximate surface area is 211 Å². The van der Waals surface area contributed by atoms with Gasteiger partial charge in [0.25, 0.3) is 11.8 Å². The number of ether oxygens (including phenoxy) is 1. The summed E-state index contributed by atoms with van der Waals surface area (Å²) in [5.74, 6) is -0.350. The first-order chi connectivity index (χ1) is 17.8. The Kier molecular flexibility index (Phi) is 7.88. The topological polar surface area (TPSA) is 67.4 Å². The van der Waals surface area contributed by atoms with Crippen LogP contribution in [-0.4, -0.2) is 18.4 Å². The highest BCUT2D eigenvalue weighted by molar-refractivity contribution is 6.06. The predicted molar refractivity (Wildman–Crippen MR) is 136 cm³/mol. The summed E-state index contributed by atoms with van der Waals surface area (Å²) < 4.78 is 44.4. The van der Waals surface area contributed by atoms with Gasteiger partial charge in [-0.05, 0) is 66.2 Å². The van der Waals surface area contributed by atoms with E-state index < -0.39 is 17.6 Å². The monoisotopic (exact) mass is 504 g/mol. The van der Waals surface area contributed by atoms with Crippen LogP contribution >= 0.6 is 0 Å². The van der Waals surface area contributed by atoms with Crippen LogP contribution in [0.25, 0.3) is 0 Å². The van der Waals surface area contributed by atoms with Crippen molar-refractivity contribution < 1.29 is 27.5 Å². The van der Waals surface area contributed by atoms with E-state index in [0.717, 1.165) is 24.1 Å². The quantitative estimate of drug-likeness (QED) is 0.276. The van der Waals surface area contributed by atoms with E-state index in [4.69, 9.17) is 4.74 Å². The third-order valence-corrected chi connectivity index (χ3v) is 5.45. The van der Waals surface area contributed by atoms with E-state index in [1.54, 1.807) is 36.4 Å². The first-order valence-electron chi connectivity index (χ1n) is 11.4. The molecule has 0 spiro atoms. The first kappa shape index (κ1) is 25.5. The lowest BCUT2D eigenvalue weighted by Gasteiger charge is -2.11. The van der Waals surface area contributed by atoms with Gasteiger partial charge in [-0.25, -0.2) is 0 Å². The van der Waals surface area contributed by atoms with Gasteiger partial charge in [0.2, 0.25) is 0 Å². The zero-order valence-electron chi connectivity index (χ0n) is 19.6. The van der Waals surface area contributed by atoms with Crippen LogP contribution < -0.4 is 15.4 Å². The molecule has 0 aliphatic heterocycles. The zero-order valence-corrected chi connectivity index (χ0v) is 19.6. The molecule has 0 aliphatic rings. The van der Waals surface area contributed by atoms with Crippen LogP contribution in [0, 0.1) is 0 Å². The number of carbonyl (C=O) groups excluding carboxylic acids is 2. The summed E-state index contributed by atoms with van der Waals surface area (Å²) in [4.78, 5) is 25.1. The van der Waals surface area contributed by atoms with Crippen LogP contribution in [-0.2, 0) is 12.6 Å². The minimum atomic E-state index is -4.51. The van der Waals surface area contributed by atoms with Crippen LogP contribution in [0.4, 0.5) is 24.5 Å². The highest BCUT2D eigenvalue weighted by atomic mass is 19.4. The summed E-state index contributed by atoms with van der Waals surface area (Å²) in [6, 6.07) is 27.2. The number of carbonyl (C=O) groups is 2. The zero-order chi connectivity index (χ0) is 26.3. The molecule has 5 nitrogen and oxygen atoms in total. The van der Waals surface area contributed by atoms with Gasteiger partial charge in [0.15, 0.2) is 0 Å². The molecule has 0 aromatic heterocycles. The number of halogens is 3. The van der Waals surface area contributed by atoms with E-state index in [2.05, 4.69) is 10.6 Å². The summed E-state index contributed by atoms with van der Waals surface area (Å²) >= 11 is 0. The highest BCUT2D eigenvalue weighted by Crippen LogP contribution is 2.30. The summed E-state index contributed by atoms with van der Waals surface area (Å²) in [7, 11) is 0. The predicted octanol–water partition coefficient (Wildman–Crippen LogP) is 6.83. The van der Waals surface area contributed by atoms with E-state index in [1.165, 1.54) is 24.3 Å². The number of amides is 2. The molecule has 37 heavy (non-hydrogen) atoms. The molecule has 0 fully saturated rings. The van der Waals surface area contributed by atoms with Crippen molar-refractivity contribution in [3.63, 3.8) is 0 Å². The van der Waals surface area contributed by atoms with Gasteiger partial charge < -0.3 is 15.4 Å². The molecule has 0 bridgehead atoms. The summed E-state index contributed by atoms with van der Waals surface area (Å²) in [6.07, 6.45) is -3.76. The summed E-state index contributed by atoms with van der Waals surface area (Å²) in [5.41, 5.74) is 1.42. The Morgan fingerprint density at radius 3 is 2.08 bits per heavy atom. The van der Waals surface area contributed by atoms with Crippen molar-refractivity contribution in [3.8, 4) is 5.75 Å². The van der Waals surface area contributed by atoms with E-state index >= 15 is 0 Å². The third-order valence-electron chi connectivity index (χ3n) is 5.45. The lowest BCUT2D eigenvalue weighted by molar-refractivity contribution is -0.137. The van der Waals surface area contributed by atoms with Crippen molar-refractivity contribution >= 4 is 23.2 Å². The lowest BCUT2D eigenvalue weighted by atomic mass is 10.1. The normalized spacial score (nSPS) is 11.0. The van der Waals surface area contributed by atoms with E-state index in [1.807, 2.05) is 30.3 Å². The molecule has 0 heterocycles. The molecular weight excluding hydrogens is 481 g/mol. The number of alkyl halides is 3. The largest absolute Gasteiger partial charge is 0.493 e. The standard InChI is InChI=1S/C29H23F3N2O3/c30-29(31,32)23-9-5-10-25(19-23)34-27(35)21-12-14-24(15-13-21)33-28(36)22-8-4-11-26(18-22)37-17-16-20-6-2-1-3-7-20/h1-15,18-19H,16-17H2,(H,33,36)(H,34,35). The summed E-state index contributed by atoms with van der Waals surface area (Å²) in [6.45, 7) is 0.471. The highest BCUT2D eigenvalue weighted by Gasteiger charge is 2.30. The Balaban J connectivity index is 1.33. The molecule has 8 heteroatoms. The second-order valence-electron chi connectivity index (χ2n) is 8.18. The van der Waals surface area contributed by atoms with E-state index in [-0.39, 0.29) is 17.2 Å². The molecule has 4 aromatic rings. The maximum absolute atomic E-state index is 12.9. The van der Waals surface area contributed by atoms with Crippen molar-refractivity contribution in [3.05, 3.63) is 125 Å². The minimum Gasteiger partial charge on any atom is -0.493 e. The first-order valence-corrected chi connectivity index (χ1v) is 11.4. The molecule has 188 valence electrons. The van der Waals surface area contributed by atoms with Gasteiger partial charge >= 0.3 is 6.18 Å². The van der Waals surface area contributed by atoms with Crippen LogP contribution in [0.2, 0.25) is 0 Å². The molecule has 0 aliphatic carbocycles. The number of rotatable bonds is 8. The molecule has 4 rings (SSSR count). The molecule has 2 N–H and O–H groups in total. The molecule has 0 atom stereocenters. The van der Waals surface area contributed by atoms with Gasteiger partial charge in [-0.15, -0.1) is 0 Å². The Morgan fingerprint density at radius 1 is 0.676 bits per heavy atom. The smallest absolute Gasteiger partial charge is 0.416 e. The molecule has 0 unspecified atom stereocenters. The number of nitrogens with one attached hydrogen (secondary N) is 2. The maximum Gasteiger partial charge on any atom is 0.416 e. The van der Waals surface area contributed by atoms with Crippen molar-refractivity contribution in [2.24, 2.45) is 0 Å². The number of hydrogen-bond acceptors (Lipinski definition) is 3. The Morgan fingerprint density at radius 2 is 1.35 bits per heavy atom. The Bertz CT molecular complexity index is 1370. The molecular formula is C29H23F3N2O3. The van der Waals surface area contributed by atoms with Crippen molar-refractivity contribution in [1.82, 2.24) is 0 Å². The van der Waals surface area contributed by atoms with Gasteiger partial charge in [0.1, 0.15) is 5.75 Å². The molecule has 4 aromatic carbocycles. The van der Waals surface area contributed by atoms with E-state index in [0.29, 0.717) is 23.6 Å². The van der Waals surface area contributed by atoms with Gasteiger partial charge in [-0.3, -0.25) is 9.59 Å². The molecule has 0 radical (unpaired) electrons. The van der Waals surface area contributed by atoms with Crippen LogP contribution in [0.15, 0.2) is 103 Å². The average molecular weight is 505 g/mol. The minimum absolute atomic E-state index is 0.0306. The van der Waals surface area contributed by atoms with Crippen molar-refractivity contribution in [2.75, 3.05) is 17.2 Å². The van der Waals surface area contributed by atoms with Crippen LogP contribution in [0.1, 0.15) is 31.8 Å². The fourth-order valence-electron chi connectivity index (χ4n) is 3.54. The van der Waals surface area contributed by atoms with Crippen molar-refractivity contribution in [1.29, 1.82) is 0 Å². The second kappa shape index (κ2) is 11.4. The van der Waals surface area contributed by atoms with Gasteiger partial charge in [-0.2, -0.15) is 13.2 Å². The van der Waals surface area contributed by atoms with Crippen LogP contribution in [0.5, 0.6) is 5.75 Å². The fourth-order valence-corrected chi connectivity index (χ4v) is 3.54. The number of benzene rings is 4. The fraction of sp³-hybridized carbons (Fsp3) is 0.103. The maximum atomic E-state index is 12.9. The Hall–Kier alpha value is -4.59. The van der Waals surface area contributed by atoms with Gasteiger partial charge in [0, 0.05) is 28.9 Å². The second-order valence-corrected chi connectivity index (χ2v) is 8.18. The molecule has 0 saturated heterocycles. The van der Waals surface area contributed by atoms with Gasteiger partial charge in [0.05, 0.1) is 12.2 Å². The van der Waals surface area contributed by atoms with Crippen LogP contribution in [0.3, 0.4) is 0 Å². The number of anilines is 2. The SMILES string of the molecule is O=C(Nc1cccc(C(F)(F)F)c1)c1ccc(NC(=O)c2cccc(OCCc3ccccc3)c2)cc1. The van der Waals surface area contributed by atoms with Crippen molar-refractivity contribution in [2.45, 2.75) is 12.6 Å². The number of hydrogen-bond donors (Lipinski definition) is 2. The molecule has 2 amide bonds. The third kappa shape index (κ3) is 7.20.